The lowest BCUT2D eigenvalue weighted by atomic mass is 10.4. The van der Waals surface area contributed by atoms with Crippen LogP contribution in [0.25, 0.3) is 0 Å². The van der Waals surface area contributed by atoms with Crippen molar-refractivity contribution in [2.75, 3.05) is 13.2 Å². The molecule has 0 spiro atoms. The molecular formula is C5H9NO4. The molecule has 0 aromatic heterocycles. The molecular weight excluding hydrogens is 138 g/mol. The Kier molecular flexibility index (Phi) is 5.36. The fourth-order valence-electron chi connectivity index (χ4n) is 0.374. The minimum Gasteiger partial charge on any atom is -0.466 e. The third-order valence-electron chi connectivity index (χ3n) is 0.757. The van der Waals surface area contributed by atoms with Crippen LogP contribution in [0.1, 0.15) is 0 Å². The Bertz CT molecular complexity index is 93.8. The highest BCUT2D eigenvalue weighted by Gasteiger charge is 2.01. The van der Waals surface area contributed by atoms with Crippen LogP contribution in [0.2, 0.25) is 0 Å². The van der Waals surface area contributed by atoms with Crippen LogP contribution in [-0.2, 0) is 19.1 Å². The lowest BCUT2D eigenvalue weighted by molar-refractivity contribution is -0.131. The Labute approximate surface area is 58.1 Å². The average molecular weight is 147 g/mol. The van der Waals surface area contributed by atoms with E-state index in [1.165, 1.54) is 0 Å². The summed E-state index contributed by atoms with van der Waals surface area (Å²) in [5.74, 6) is 0. The predicted octanol–water partition coefficient (Wildman–Crippen LogP) is -1.34. The van der Waals surface area contributed by atoms with Gasteiger partial charge >= 0.3 is 0 Å². The summed E-state index contributed by atoms with van der Waals surface area (Å²) in [7, 11) is 0. The van der Waals surface area contributed by atoms with E-state index in [9.17, 15) is 9.59 Å². The van der Waals surface area contributed by atoms with Gasteiger partial charge in [-0.2, -0.15) is 0 Å². The first-order valence-corrected chi connectivity index (χ1v) is 2.67. The normalized spacial score (nSPS) is 9.00. The molecule has 0 bridgehead atoms. The van der Waals surface area contributed by atoms with Gasteiger partial charge in [0, 0.05) is 0 Å². The van der Waals surface area contributed by atoms with Gasteiger partial charge in [-0.15, -0.1) is 0 Å². The van der Waals surface area contributed by atoms with Crippen LogP contribution >= 0.6 is 0 Å². The van der Waals surface area contributed by atoms with E-state index in [0.717, 1.165) is 0 Å². The Morgan fingerprint density at radius 1 is 1.20 bits per heavy atom. The quantitative estimate of drug-likeness (QED) is 0.470. The zero-order valence-electron chi connectivity index (χ0n) is 5.36. The van der Waals surface area contributed by atoms with Crippen molar-refractivity contribution in [1.29, 1.82) is 0 Å². The molecule has 0 aliphatic carbocycles. The summed E-state index contributed by atoms with van der Waals surface area (Å²) in [5.41, 5.74) is 5.28. The van der Waals surface area contributed by atoms with E-state index in [1.54, 1.807) is 0 Å². The smallest absolute Gasteiger partial charge is 0.293 e. The minimum absolute atomic E-state index is 0.0668. The Hall–Kier alpha value is -1.10. The van der Waals surface area contributed by atoms with E-state index in [0.29, 0.717) is 12.9 Å². The number of carbonyl (C=O) groups is 2. The molecule has 5 nitrogen and oxygen atoms in total. The molecule has 0 radical (unpaired) electrons. The van der Waals surface area contributed by atoms with Crippen LogP contribution in [0.15, 0.2) is 0 Å². The molecule has 0 amide bonds. The van der Waals surface area contributed by atoms with Gasteiger partial charge in [-0.3, -0.25) is 9.59 Å². The Morgan fingerprint density at radius 2 is 1.60 bits per heavy atom. The minimum atomic E-state index is -0.435. The Morgan fingerprint density at radius 3 is 1.90 bits per heavy atom. The first-order chi connectivity index (χ1) is 4.81. The molecule has 0 aliphatic rings. The third-order valence-corrected chi connectivity index (χ3v) is 0.757. The second kappa shape index (κ2) is 6.03. The predicted molar refractivity (Wildman–Crippen MR) is 32.0 cm³/mol. The summed E-state index contributed by atoms with van der Waals surface area (Å²) >= 11 is 0. The monoisotopic (exact) mass is 147 g/mol. The van der Waals surface area contributed by atoms with Crippen LogP contribution in [0.4, 0.5) is 0 Å². The summed E-state index contributed by atoms with van der Waals surface area (Å²) in [6.07, 6.45) is 0. The second-order valence-corrected chi connectivity index (χ2v) is 1.62. The van der Waals surface area contributed by atoms with E-state index >= 15 is 0 Å². The molecule has 0 aromatic rings. The maximum Gasteiger partial charge on any atom is 0.293 e. The maximum absolute atomic E-state index is 9.59. The van der Waals surface area contributed by atoms with Gasteiger partial charge in [0.1, 0.15) is 13.2 Å². The molecule has 58 valence electrons. The van der Waals surface area contributed by atoms with Crippen molar-refractivity contribution in [2.45, 2.75) is 6.04 Å². The molecule has 0 saturated heterocycles. The van der Waals surface area contributed by atoms with Crippen LogP contribution < -0.4 is 5.73 Å². The lowest BCUT2D eigenvalue weighted by Crippen LogP contribution is -2.31. The SMILES string of the molecule is NC(COC=O)COC=O. The van der Waals surface area contributed by atoms with Gasteiger partial charge < -0.3 is 15.2 Å². The Balaban J connectivity index is 3.15. The van der Waals surface area contributed by atoms with Crippen molar-refractivity contribution in [3.8, 4) is 0 Å². The zero-order valence-corrected chi connectivity index (χ0v) is 5.36. The van der Waals surface area contributed by atoms with Gasteiger partial charge in [-0.25, -0.2) is 0 Å². The molecule has 0 rings (SSSR count). The molecule has 2 N–H and O–H groups in total. The van der Waals surface area contributed by atoms with Gasteiger partial charge in [0.25, 0.3) is 12.9 Å². The number of ether oxygens (including phenoxy) is 2. The fourth-order valence-corrected chi connectivity index (χ4v) is 0.374. The molecule has 0 atom stereocenters. The largest absolute Gasteiger partial charge is 0.466 e. The van der Waals surface area contributed by atoms with Gasteiger partial charge in [0.15, 0.2) is 0 Å². The van der Waals surface area contributed by atoms with Gasteiger partial charge in [0.05, 0.1) is 6.04 Å². The van der Waals surface area contributed by atoms with Crippen molar-refractivity contribution in [3.05, 3.63) is 0 Å². The standard InChI is InChI=1S/C5H9NO4/c6-5(1-9-3-7)2-10-4-8/h3-5H,1-2,6H2. The number of hydrogen-bond donors (Lipinski definition) is 1. The van der Waals surface area contributed by atoms with E-state index in [2.05, 4.69) is 9.47 Å². The molecule has 0 saturated carbocycles. The highest BCUT2D eigenvalue weighted by molar-refractivity contribution is 5.37. The number of carbonyl (C=O) groups excluding carboxylic acids is 2. The van der Waals surface area contributed by atoms with E-state index < -0.39 is 6.04 Å². The summed E-state index contributed by atoms with van der Waals surface area (Å²) in [4.78, 5) is 19.2. The molecule has 10 heavy (non-hydrogen) atoms. The molecule has 5 heteroatoms. The molecule has 0 aliphatic heterocycles. The van der Waals surface area contributed by atoms with Crippen molar-refractivity contribution in [1.82, 2.24) is 0 Å². The van der Waals surface area contributed by atoms with Gasteiger partial charge in [0.2, 0.25) is 0 Å². The van der Waals surface area contributed by atoms with Crippen LogP contribution in [0, 0.1) is 0 Å². The third kappa shape index (κ3) is 5.04. The maximum atomic E-state index is 9.59. The highest BCUT2D eigenvalue weighted by Crippen LogP contribution is 1.79. The first-order valence-electron chi connectivity index (χ1n) is 2.67. The van der Waals surface area contributed by atoms with E-state index in [4.69, 9.17) is 5.73 Å². The van der Waals surface area contributed by atoms with Crippen molar-refractivity contribution in [2.24, 2.45) is 5.73 Å². The van der Waals surface area contributed by atoms with E-state index in [-0.39, 0.29) is 13.2 Å². The van der Waals surface area contributed by atoms with E-state index in [1.807, 2.05) is 0 Å². The summed E-state index contributed by atoms with van der Waals surface area (Å²) < 4.78 is 8.58. The average Bonchev–Trinajstić information content (AvgIpc) is 1.97. The van der Waals surface area contributed by atoms with Crippen molar-refractivity contribution in [3.63, 3.8) is 0 Å². The van der Waals surface area contributed by atoms with Crippen molar-refractivity contribution < 1.29 is 19.1 Å². The lowest BCUT2D eigenvalue weighted by Gasteiger charge is -2.06. The zero-order chi connectivity index (χ0) is 7.82. The van der Waals surface area contributed by atoms with Crippen LogP contribution in [0.3, 0.4) is 0 Å². The summed E-state index contributed by atoms with van der Waals surface area (Å²) in [5, 5.41) is 0. The number of rotatable bonds is 6. The summed E-state index contributed by atoms with van der Waals surface area (Å²) in [6.45, 7) is 0.718. The number of nitrogens with two attached hydrogens (primary N) is 1. The summed E-state index contributed by atoms with van der Waals surface area (Å²) in [6, 6.07) is -0.435. The first kappa shape index (κ1) is 8.90. The highest BCUT2D eigenvalue weighted by atomic mass is 16.5. The molecule has 0 heterocycles. The molecule has 0 unspecified atom stereocenters. The van der Waals surface area contributed by atoms with Crippen LogP contribution in [0.5, 0.6) is 0 Å². The van der Waals surface area contributed by atoms with Gasteiger partial charge in [-0.1, -0.05) is 0 Å². The van der Waals surface area contributed by atoms with Crippen LogP contribution in [-0.4, -0.2) is 32.2 Å². The number of hydrogen-bond acceptors (Lipinski definition) is 5. The molecule has 0 fully saturated rings. The second-order valence-electron chi connectivity index (χ2n) is 1.62. The topological polar surface area (TPSA) is 78.6 Å². The molecule has 0 aromatic carbocycles. The van der Waals surface area contributed by atoms with Gasteiger partial charge in [-0.05, 0) is 0 Å². The van der Waals surface area contributed by atoms with Crippen molar-refractivity contribution >= 4 is 12.9 Å². The fraction of sp³-hybridized carbons (Fsp3) is 0.600.